The van der Waals surface area contributed by atoms with Crippen LogP contribution in [0.1, 0.15) is 55.4 Å². The topological polar surface area (TPSA) is 85.5 Å². The van der Waals surface area contributed by atoms with E-state index in [1.54, 1.807) is 0 Å². The lowest BCUT2D eigenvalue weighted by Gasteiger charge is -2.40. The monoisotopic (exact) mass is 463 g/mol. The maximum Gasteiger partial charge on any atom is 0.275 e. The van der Waals surface area contributed by atoms with Gasteiger partial charge in [0.05, 0.1) is 19.3 Å². The fourth-order valence-electron chi connectivity index (χ4n) is 5.31. The smallest absolute Gasteiger partial charge is 0.275 e. The summed E-state index contributed by atoms with van der Waals surface area (Å²) < 4.78 is 10.9. The Morgan fingerprint density at radius 1 is 1.09 bits per heavy atom. The van der Waals surface area contributed by atoms with Gasteiger partial charge in [-0.25, -0.2) is 4.98 Å². The molecule has 0 bridgehead atoms. The first-order chi connectivity index (χ1) is 16.1. The summed E-state index contributed by atoms with van der Waals surface area (Å²) in [6.45, 7) is 11.2. The van der Waals surface area contributed by atoms with Gasteiger partial charge in [-0.2, -0.15) is 0 Å². The quantitative estimate of drug-likeness (QED) is 0.586. The van der Waals surface area contributed by atoms with Gasteiger partial charge >= 0.3 is 0 Å². The first kappa shape index (κ1) is 24.6. The molecule has 3 fully saturated rings. The minimum absolute atomic E-state index is 0.0126. The number of carbonyl (C=O) groups is 1. The van der Waals surface area contributed by atoms with Crippen LogP contribution in [0.4, 0.5) is 0 Å². The van der Waals surface area contributed by atoms with Crippen molar-refractivity contribution in [2.45, 2.75) is 57.7 Å². The van der Waals surface area contributed by atoms with Crippen molar-refractivity contribution in [2.24, 2.45) is 0 Å². The van der Waals surface area contributed by atoms with E-state index in [-0.39, 0.29) is 5.91 Å². The van der Waals surface area contributed by atoms with Gasteiger partial charge in [0.15, 0.2) is 5.69 Å². The molecule has 1 N–H and O–H groups in total. The molecule has 0 radical (unpaired) electrons. The molecule has 9 heteroatoms. The van der Waals surface area contributed by atoms with Gasteiger partial charge in [0.2, 0.25) is 5.89 Å². The molecule has 4 rings (SSSR count). The average Bonchev–Trinajstić information content (AvgIpc) is 3.32. The summed E-state index contributed by atoms with van der Waals surface area (Å²) in [7, 11) is 0. The Bertz CT molecular complexity index is 722. The molecule has 1 saturated carbocycles. The molecule has 0 spiro atoms. The van der Waals surface area contributed by atoms with Gasteiger partial charge in [-0.05, 0) is 19.8 Å². The van der Waals surface area contributed by atoms with E-state index < -0.39 is 6.10 Å². The lowest BCUT2D eigenvalue weighted by atomic mass is 9.94. The number of aromatic nitrogens is 1. The summed E-state index contributed by atoms with van der Waals surface area (Å²) in [5.74, 6) is 0.588. The fraction of sp³-hybridized carbons (Fsp3) is 0.833. The van der Waals surface area contributed by atoms with Crippen molar-refractivity contribution in [1.29, 1.82) is 0 Å². The maximum absolute atomic E-state index is 12.9. The number of amides is 1. The summed E-state index contributed by atoms with van der Waals surface area (Å²) in [6, 6.07) is 0.711. The molecule has 1 aromatic heterocycles. The highest BCUT2D eigenvalue weighted by Crippen LogP contribution is 2.24. The lowest BCUT2D eigenvalue weighted by molar-refractivity contribution is 0.00948. The van der Waals surface area contributed by atoms with Gasteiger partial charge in [-0.15, -0.1) is 0 Å². The zero-order chi connectivity index (χ0) is 23.0. The van der Waals surface area contributed by atoms with Crippen molar-refractivity contribution in [2.75, 3.05) is 72.1 Å². The number of hydrogen-bond acceptors (Lipinski definition) is 8. The van der Waals surface area contributed by atoms with Crippen LogP contribution in [0.25, 0.3) is 0 Å². The molecule has 2 aliphatic heterocycles. The molecular formula is C24H41N5O4. The molecule has 186 valence electrons. The van der Waals surface area contributed by atoms with E-state index in [1.165, 1.54) is 38.4 Å². The number of carbonyl (C=O) groups excluding carboxylic acids is 1. The van der Waals surface area contributed by atoms with Gasteiger partial charge in [-0.3, -0.25) is 19.5 Å². The van der Waals surface area contributed by atoms with Crippen molar-refractivity contribution >= 4 is 5.91 Å². The second-order valence-corrected chi connectivity index (χ2v) is 9.64. The van der Waals surface area contributed by atoms with Crippen LogP contribution in [-0.2, 0) is 11.3 Å². The molecule has 1 amide bonds. The zero-order valence-corrected chi connectivity index (χ0v) is 20.2. The molecule has 3 aliphatic rings. The van der Waals surface area contributed by atoms with Crippen LogP contribution in [0.2, 0.25) is 0 Å². The molecule has 1 aliphatic carbocycles. The normalized spacial score (nSPS) is 23.2. The minimum Gasteiger partial charge on any atom is -0.447 e. The summed E-state index contributed by atoms with van der Waals surface area (Å²) >= 11 is 0. The Kier molecular flexibility index (Phi) is 9.14. The van der Waals surface area contributed by atoms with Crippen LogP contribution in [-0.4, -0.2) is 120 Å². The number of oxazole rings is 1. The molecule has 0 aromatic carbocycles. The van der Waals surface area contributed by atoms with Crippen LogP contribution in [0.15, 0.2) is 10.7 Å². The molecule has 2 saturated heterocycles. The largest absolute Gasteiger partial charge is 0.447 e. The highest BCUT2D eigenvalue weighted by atomic mass is 16.5. The molecule has 3 heterocycles. The third-order valence-electron chi connectivity index (χ3n) is 7.27. The number of nitrogens with zero attached hydrogens (tertiary/aromatic N) is 5. The van der Waals surface area contributed by atoms with Crippen molar-refractivity contribution in [3.05, 3.63) is 17.8 Å². The summed E-state index contributed by atoms with van der Waals surface area (Å²) in [5, 5.41) is 10.0. The highest BCUT2D eigenvalue weighted by Gasteiger charge is 2.29. The van der Waals surface area contributed by atoms with E-state index in [0.717, 1.165) is 52.4 Å². The molecular weight excluding hydrogens is 422 g/mol. The van der Waals surface area contributed by atoms with Gasteiger partial charge in [-0.1, -0.05) is 19.3 Å². The Balaban J connectivity index is 1.18. The summed E-state index contributed by atoms with van der Waals surface area (Å²) in [6.07, 6.45) is 7.75. The first-order valence-electron chi connectivity index (χ1n) is 12.8. The SMILES string of the molecule is CCOC[C@@H](O)CN1CCN(Cc2nc(C(=O)N3CCN(C4CCCCC4)CC3)co2)CC1. The average molecular weight is 464 g/mol. The number of rotatable bonds is 9. The van der Waals surface area contributed by atoms with E-state index in [0.29, 0.717) is 43.9 Å². The number of β-amino-alcohol motifs (C(OH)–C–C–N with tert-alkyl or cyclic N) is 1. The molecule has 33 heavy (non-hydrogen) atoms. The van der Waals surface area contributed by atoms with E-state index in [4.69, 9.17) is 9.15 Å². The number of ether oxygens (including phenoxy) is 1. The van der Waals surface area contributed by atoms with E-state index in [1.807, 2.05) is 11.8 Å². The maximum atomic E-state index is 12.9. The lowest BCUT2D eigenvalue weighted by Crippen LogP contribution is -2.52. The third kappa shape index (κ3) is 6.99. The number of piperazine rings is 2. The Labute approximate surface area is 197 Å². The Hall–Kier alpha value is -1.52. The molecule has 1 atom stereocenters. The van der Waals surface area contributed by atoms with Crippen LogP contribution < -0.4 is 0 Å². The van der Waals surface area contributed by atoms with Crippen molar-refractivity contribution in [3.63, 3.8) is 0 Å². The van der Waals surface area contributed by atoms with E-state index in [2.05, 4.69) is 19.7 Å². The van der Waals surface area contributed by atoms with Gasteiger partial charge in [0.1, 0.15) is 6.26 Å². The highest BCUT2D eigenvalue weighted by molar-refractivity contribution is 5.92. The van der Waals surface area contributed by atoms with Crippen LogP contribution in [0.3, 0.4) is 0 Å². The third-order valence-corrected chi connectivity index (χ3v) is 7.27. The molecule has 1 aromatic rings. The predicted molar refractivity (Wildman–Crippen MR) is 125 cm³/mol. The van der Waals surface area contributed by atoms with Crippen LogP contribution >= 0.6 is 0 Å². The zero-order valence-electron chi connectivity index (χ0n) is 20.2. The number of hydrogen-bond donors (Lipinski definition) is 1. The van der Waals surface area contributed by atoms with E-state index >= 15 is 0 Å². The second-order valence-electron chi connectivity index (χ2n) is 9.64. The fourth-order valence-corrected chi connectivity index (χ4v) is 5.31. The Morgan fingerprint density at radius 2 is 1.79 bits per heavy atom. The standard InChI is InChI=1S/C24H41N5O4/c1-2-32-18-21(30)16-26-8-10-27(11-9-26)17-23-25-22(19-33-23)24(31)29-14-12-28(13-15-29)20-6-4-3-5-7-20/h19-21,30H,2-18H2,1H3/t21-/m0/s1. The summed E-state index contributed by atoms with van der Waals surface area (Å²) in [4.78, 5) is 26.5. The van der Waals surface area contributed by atoms with Gasteiger partial charge < -0.3 is 19.2 Å². The minimum atomic E-state index is -0.443. The van der Waals surface area contributed by atoms with Crippen molar-refractivity contribution in [1.82, 2.24) is 24.6 Å². The number of aliphatic hydroxyl groups is 1. The summed E-state index contributed by atoms with van der Waals surface area (Å²) in [5.41, 5.74) is 0.425. The van der Waals surface area contributed by atoms with E-state index in [9.17, 15) is 9.90 Å². The van der Waals surface area contributed by atoms with Gasteiger partial charge in [0.25, 0.3) is 5.91 Å². The molecule has 9 nitrogen and oxygen atoms in total. The number of aliphatic hydroxyl groups excluding tert-OH is 1. The second kappa shape index (κ2) is 12.3. The van der Waals surface area contributed by atoms with Crippen LogP contribution in [0, 0.1) is 0 Å². The van der Waals surface area contributed by atoms with Gasteiger partial charge in [0, 0.05) is 71.6 Å². The first-order valence-corrected chi connectivity index (χ1v) is 12.8. The van der Waals surface area contributed by atoms with Crippen LogP contribution in [0.5, 0.6) is 0 Å². The Morgan fingerprint density at radius 3 is 2.48 bits per heavy atom. The molecule has 0 unspecified atom stereocenters. The predicted octanol–water partition coefficient (Wildman–Crippen LogP) is 1.28. The van der Waals surface area contributed by atoms with Crippen molar-refractivity contribution in [3.8, 4) is 0 Å². The van der Waals surface area contributed by atoms with Crippen molar-refractivity contribution < 1.29 is 19.1 Å².